The van der Waals surface area contributed by atoms with E-state index in [1.807, 2.05) is 35.6 Å². The molecule has 0 radical (unpaired) electrons. The number of para-hydroxylation sites is 3. The summed E-state index contributed by atoms with van der Waals surface area (Å²) in [7, 11) is 0. The van der Waals surface area contributed by atoms with E-state index in [1.54, 1.807) is 0 Å². The van der Waals surface area contributed by atoms with Gasteiger partial charge in [-0.05, 0) is 45.8 Å². The van der Waals surface area contributed by atoms with E-state index in [9.17, 15) is 0 Å². The Kier molecular flexibility index (Phi) is 4.26. The third-order valence-electron chi connectivity index (χ3n) is 7.86. The molecule has 3 aromatic heterocycles. The predicted molar refractivity (Wildman–Crippen MR) is 167 cm³/mol. The monoisotopic (exact) mass is 535 g/mol. The smallest absolute Gasteiger partial charge is 0.176 e. The highest BCUT2D eigenvalue weighted by molar-refractivity contribution is 7.27. The van der Waals surface area contributed by atoms with Crippen molar-refractivity contribution in [1.29, 1.82) is 0 Å². The summed E-state index contributed by atoms with van der Waals surface area (Å²) in [5, 5.41) is 10.4. The molecule has 9 rings (SSSR count). The maximum absolute atomic E-state index is 6.93. The molecular formula is C34H18ClN3S. The zero-order chi connectivity index (χ0) is 25.7. The Bertz CT molecular complexity index is 2470. The van der Waals surface area contributed by atoms with Crippen molar-refractivity contribution in [2.45, 2.75) is 0 Å². The van der Waals surface area contributed by atoms with E-state index in [1.165, 1.54) is 52.5 Å². The van der Waals surface area contributed by atoms with Crippen LogP contribution in [0, 0.1) is 0 Å². The fourth-order valence-corrected chi connectivity index (χ4v) is 7.76. The summed E-state index contributed by atoms with van der Waals surface area (Å²) < 4.78 is 4.74. The second-order valence-electron chi connectivity index (χ2n) is 9.91. The lowest BCUT2D eigenvalue weighted by atomic mass is 9.97. The van der Waals surface area contributed by atoms with E-state index in [0.29, 0.717) is 11.0 Å². The predicted octanol–water partition coefficient (Wildman–Crippen LogP) is 10.1. The number of nitrogens with zero attached hydrogens (tertiary/aromatic N) is 3. The first-order valence-electron chi connectivity index (χ1n) is 12.9. The normalized spacial score (nSPS) is 12.2. The number of halogens is 1. The van der Waals surface area contributed by atoms with Gasteiger partial charge in [-0.25, -0.2) is 9.97 Å². The van der Waals surface area contributed by atoms with Gasteiger partial charge in [0.1, 0.15) is 0 Å². The maximum Gasteiger partial charge on any atom is 0.176 e. The molecule has 0 aliphatic rings. The Morgan fingerprint density at radius 1 is 0.564 bits per heavy atom. The van der Waals surface area contributed by atoms with E-state index in [-0.39, 0.29) is 0 Å². The van der Waals surface area contributed by atoms with Gasteiger partial charge >= 0.3 is 0 Å². The lowest BCUT2D eigenvalue weighted by Gasteiger charge is -2.11. The van der Waals surface area contributed by atoms with E-state index in [2.05, 4.69) is 89.5 Å². The van der Waals surface area contributed by atoms with E-state index in [4.69, 9.17) is 21.6 Å². The van der Waals surface area contributed by atoms with Gasteiger partial charge in [0.2, 0.25) is 0 Å². The highest BCUT2D eigenvalue weighted by atomic mass is 35.5. The molecule has 0 amide bonds. The molecule has 5 heteroatoms. The summed E-state index contributed by atoms with van der Waals surface area (Å²) in [6.45, 7) is 0. The average molecular weight is 536 g/mol. The molecule has 39 heavy (non-hydrogen) atoms. The molecule has 0 N–H and O–H groups in total. The number of rotatable bonds is 1. The number of hydrogen-bond donors (Lipinski definition) is 0. The largest absolute Gasteiger partial charge is 0.290 e. The minimum atomic E-state index is 0.393. The standard InChI is InChI=1S/C34H18ClN3S/c35-33-34(37-25-15-7-6-14-24(25)36-33)38-26-16-8-5-13-23(26)28-21-11-3-4-12-22(21)30-29-20-10-2-1-9-19(20)17-18-27(29)39-32(30)31(28)38/h1-18H. The van der Waals surface area contributed by atoms with E-state index >= 15 is 0 Å². The number of aromatic nitrogens is 3. The van der Waals surface area contributed by atoms with Crippen LogP contribution in [-0.2, 0) is 0 Å². The molecule has 0 bridgehead atoms. The molecule has 0 atom stereocenters. The van der Waals surface area contributed by atoms with Crippen LogP contribution in [0.1, 0.15) is 0 Å². The molecule has 0 aliphatic carbocycles. The molecule has 3 nitrogen and oxygen atoms in total. The van der Waals surface area contributed by atoms with Gasteiger partial charge in [0.05, 0.1) is 26.8 Å². The van der Waals surface area contributed by atoms with Gasteiger partial charge in [-0.3, -0.25) is 4.57 Å². The Morgan fingerprint density at radius 2 is 1.21 bits per heavy atom. The summed E-state index contributed by atoms with van der Waals surface area (Å²) in [6, 6.07) is 38.4. The molecule has 0 spiro atoms. The summed E-state index contributed by atoms with van der Waals surface area (Å²) in [4.78, 5) is 9.84. The summed E-state index contributed by atoms with van der Waals surface area (Å²) in [6.07, 6.45) is 0. The van der Waals surface area contributed by atoms with Gasteiger partial charge < -0.3 is 0 Å². The van der Waals surface area contributed by atoms with E-state index in [0.717, 1.165) is 22.1 Å². The van der Waals surface area contributed by atoms with Gasteiger partial charge in [0, 0.05) is 26.2 Å². The van der Waals surface area contributed by atoms with Gasteiger partial charge in [-0.1, -0.05) is 96.5 Å². The Hall–Kier alpha value is -4.51. The molecular weight excluding hydrogens is 518 g/mol. The van der Waals surface area contributed by atoms with Crippen molar-refractivity contribution in [3.63, 3.8) is 0 Å². The van der Waals surface area contributed by atoms with Gasteiger partial charge in [-0.2, -0.15) is 0 Å². The molecule has 182 valence electrons. The van der Waals surface area contributed by atoms with Crippen LogP contribution in [0.25, 0.3) is 80.4 Å². The quantitative estimate of drug-likeness (QED) is 0.209. The minimum absolute atomic E-state index is 0.393. The third-order valence-corrected chi connectivity index (χ3v) is 9.27. The fourth-order valence-electron chi connectivity index (χ4n) is 6.27. The fraction of sp³-hybridized carbons (Fsp3) is 0. The summed E-state index contributed by atoms with van der Waals surface area (Å²) in [5.74, 6) is 0.653. The molecule has 6 aromatic carbocycles. The second kappa shape index (κ2) is 7.76. The molecule has 0 saturated heterocycles. The van der Waals surface area contributed by atoms with Crippen molar-refractivity contribution in [3.8, 4) is 5.82 Å². The lowest BCUT2D eigenvalue weighted by Crippen LogP contribution is -2.01. The van der Waals surface area contributed by atoms with E-state index < -0.39 is 0 Å². The number of hydrogen-bond acceptors (Lipinski definition) is 3. The third kappa shape index (κ3) is 2.82. The zero-order valence-corrected chi connectivity index (χ0v) is 22.1. The second-order valence-corrected chi connectivity index (χ2v) is 11.3. The lowest BCUT2D eigenvalue weighted by molar-refractivity contribution is 1.08. The van der Waals surface area contributed by atoms with Crippen molar-refractivity contribution in [2.75, 3.05) is 0 Å². The molecule has 0 fully saturated rings. The molecule has 0 unspecified atom stereocenters. The number of fused-ring (bicyclic) bond motifs is 13. The summed E-state index contributed by atoms with van der Waals surface area (Å²) in [5.41, 5.74) is 3.80. The van der Waals surface area contributed by atoms with Crippen LogP contribution in [0.2, 0.25) is 5.15 Å². The van der Waals surface area contributed by atoms with Crippen LogP contribution in [-0.4, -0.2) is 14.5 Å². The Labute approximate surface area is 231 Å². The molecule has 0 saturated carbocycles. The van der Waals surface area contributed by atoms with Gasteiger partial charge in [-0.15, -0.1) is 11.3 Å². The van der Waals surface area contributed by atoms with Crippen molar-refractivity contribution < 1.29 is 0 Å². The van der Waals surface area contributed by atoms with Crippen LogP contribution >= 0.6 is 22.9 Å². The zero-order valence-electron chi connectivity index (χ0n) is 20.5. The number of thiophene rings is 1. The Morgan fingerprint density at radius 3 is 2.03 bits per heavy atom. The van der Waals surface area contributed by atoms with Crippen molar-refractivity contribution in [2.24, 2.45) is 0 Å². The van der Waals surface area contributed by atoms with Crippen LogP contribution in [0.4, 0.5) is 0 Å². The van der Waals surface area contributed by atoms with Gasteiger partial charge in [0.15, 0.2) is 11.0 Å². The van der Waals surface area contributed by atoms with Gasteiger partial charge in [0.25, 0.3) is 0 Å². The first-order chi connectivity index (χ1) is 19.3. The van der Waals surface area contributed by atoms with Crippen LogP contribution in [0.3, 0.4) is 0 Å². The summed E-state index contributed by atoms with van der Waals surface area (Å²) >= 11 is 8.77. The molecule has 9 aromatic rings. The van der Waals surface area contributed by atoms with Crippen molar-refractivity contribution >= 4 is 97.5 Å². The maximum atomic E-state index is 6.93. The molecule has 3 heterocycles. The first kappa shape index (κ1) is 21.4. The molecule has 0 aliphatic heterocycles. The topological polar surface area (TPSA) is 30.7 Å². The van der Waals surface area contributed by atoms with Crippen LogP contribution < -0.4 is 0 Å². The number of benzene rings is 6. The highest BCUT2D eigenvalue weighted by Gasteiger charge is 2.24. The minimum Gasteiger partial charge on any atom is -0.290 e. The highest BCUT2D eigenvalue weighted by Crippen LogP contribution is 2.49. The van der Waals surface area contributed by atoms with Crippen LogP contribution in [0.5, 0.6) is 0 Å². The van der Waals surface area contributed by atoms with Crippen molar-refractivity contribution in [3.05, 3.63) is 114 Å². The average Bonchev–Trinajstić information content (AvgIpc) is 3.54. The SMILES string of the molecule is Clc1nc2ccccc2nc1-n1c2ccccc2c2c3ccccc3c3c(sc4ccc5ccccc5c43)c21. The van der Waals surface area contributed by atoms with Crippen molar-refractivity contribution in [1.82, 2.24) is 14.5 Å². The Balaban J connectivity index is 1.61. The first-order valence-corrected chi connectivity index (χ1v) is 14.1. The van der Waals surface area contributed by atoms with Crippen LogP contribution in [0.15, 0.2) is 109 Å².